The summed E-state index contributed by atoms with van der Waals surface area (Å²) >= 11 is 0. The monoisotopic (exact) mass is 281 g/mol. The molecule has 3 N–H and O–H groups in total. The van der Waals surface area contributed by atoms with Crippen molar-refractivity contribution in [3.05, 3.63) is 24.0 Å². The second-order valence-corrected chi connectivity index (χ2v) is 4.43. The fourth-order valence-electron chi connectivity index (χ4n) is 1.85. The normalized spacial score (nSPS) is 18.4. The molecule has 6 nitrogen and oxygen atoms in total. The van der Waals surface area contributed by atoms with Crippen LogP contribution >= 0.6 is 0 Å². The van der Waals surface area contributed by atoms with Gasteiger partial charge in [0.2, 0.25) is 5.91 Å². The smallest absolute Gasteiger partial charge is 0.254 e. The van der Waals surface area contributed by atoms with E-state index in [0.29, 0.717) is 25.4 Å². The highest BCUT2D eigenvalue weighted by Gasteiger charge is 2.21. The SMILES string of the molecule is CC(=O)Nc1cc(NC(=O)C2CNCCO2)ccc1F. The molecule has 1 aromatic carbocycles. The lowest BCUT2D eigenvalue weighted by molar-refractivity contribution is -0.128. The van der Waals surface area contributed by atoms with Gasteiger partial charge in [0.1, 0.15) is 11.9 Å². The van der Waals surface area contributed by atoms with Crippen LogP contribution in [0.1, 0.15) is 6.92 Å². The fraction of sp³-hybridized carbons (Fsp3) is 0.385. The molecule has 0 saturated carbocycles. The van der Waals surface area contributed by atoms with E-state index in [9.17, 15) is 14.0 Å². The van der Waals surface area contributed by atoms with Gasteiger partial charge in [0.15, 0.2) is 0 Å². The van der Waals surface area contributed by atoms with Crippen LogP contribution in [0.4, 0.5) is 15.8 Å². The van der Waals surface area contributed by atoms with Crippen molar-refractivity contribution < 1.29 is 18.7 Å². The molecule has 0 aliphatic carbocycles. The summed E-state index contributed by atoms with van der Waals surface area (Å²) in [6, 6.07) is 3.97. The molecule has 1 saturated heterocycles. The molecule has 1 atom stereocenters. The minimum absolute atomic E-state index is 0.0259. The van der Waals surface area contributed by atoms with Gasteiger partial charge in [-0.05, 0) is 18.2 Å². The fourth-order valence-corrected chi connectivity index (χ4v) is 1.85. The van der Waals surface area contributed by atoms with Gasteiger partial charge < -0.3 is 20.7 Å². The predicted octanol–water partition coefficient (Wildman–Crippen LogP) is 0.711. The molecule has 1 aliphatic heterocycles. The van der Waals surface area contributed by atoms with Crippen LogP contribution in [-0.2, 0) is 14.3 Å². The number of carbonyl (C=O) groups excluding carboxylic acids is 2. The van der Waals surface area contributed by atoms with E-state index < -0.39 is 11.9 Å². The van der Waals surface area contributed by atoms with Crippen LogP contribution in [0.3, 0.4) is 0 Å². The minimum Gasteiger partial charge on any atom is -0.366 e. The Balaban J connectivity index is 2.05. The van der Waals surface area contributed by atoms with Crippen LogP contribution in [0, 0.1) is 5.82 Å². The average molecular weight is 281 g/mol. The lowest BCUT2D eigenvalue weighted by atomic mass is 10.2. The highest BCUT2D eigenvalue weighted by Crippen LogP contribution is 2.20. The number of benzene rings is 1. The number of hydrogen-bond donors (Lipinski definition) is 3. The highest BCUT2D eigenvalue weighted by molar-refractivity contribution is 5.96. The third-order valence-corrected chi connectivity index (χ3v) is 2.76. The first kappa shape index (κ1) is 14.4. The van der Waals surface area contributed by atoms with Gasteiger partial charge in [-0.15, -0.1) is 0 Å². The zero-order chi connectivity index (χ0) is 14.5. The van der Waals surface area contributed by atoms with Gasteiger partial charge in [-0.1, -0.05) is 0 Å². The van der Waals surface area contributed by atoms with Gasteiger partial charge in [0.25, 0.3) is 5.91 Å². The van der Waals surface area contributed by atoms with E-state index in [2.05, 4.69) is 16.0 Å². The molecule has 0 spiro atoms. The summed E-state index contributed by atoms with van der Waals surface area (Å²) in [6.07, 6.45) is -0.571. The van der Waals surface area contributed by atoms with Crippen molar-refractivity contribution in [2.45, 2.75) is 13.0 Å². The van der Waals surface area contributed by atoms with Crippen LogP contribution in [0.5, 0.6) is 0 Å². The number of morpholine rings is 1. The molecule has 1 fully saturated rings. The summed E-state index contributed by atoms with van der Waals surface area (Å²) in [6.45, 7) is 2.91. The molecular weight excluding hydrogens is 265 g/mol. The zero-order valence-corrected chi connectivity index (χ0v) is 11.0. The van der Waals surface area contributed by atoms with Gasteiger partial charge in [0.05, 0.1) is 12.3 Å². The quantitative estimate of drug-likeness (QED) is 0.762. The molecule has 108 valence electrons. The van der Waals surface area contributed by atoms with Crippen LogP contribution < -0.4 is 16.0 Å². The number of hydrogen-bond acceptors (Lipinski definition) is 4. The number of amides is 2. The first-order chi connectivity index (χ1) is 9.56. The molecule has 1 heterocycles. The number of carbonyl (C=O) groups is 2. The van der Waals surface area contributed by atoms with E-state index in [1.54, 1.807) is 0 Å². The number of anilines is 2. The average Bonchev–Trinajstić information content (AvgIpc) is 2.43. The van der Waals surface area contributed by atoms with Crippen LogP contribution in [0.15, 0.2) is 18.2 Å². The molecule has 20 heavy (non-hydrogen) atoms. The van der Waals surface area contributed by atoms with E-state index in [0.717, 1.165) is 0 Å². The molecule has 0 aromatic heterocycles. The maximum absolute atomic E-state index is 13.5. The molecule has 2 rings (SSSR count). The van der Waals surface area contributed by atoms with Crippen molar-refractivity contribution in [2.75, 3.05) is 30.3 Å². The maximum Gasteiger partial charge on any atom is 0.254 e. The topological polar surface area (TPSA) is 79.5 Å². The Morgan fingerprint density at radius 2 is 2.20 bits per heavy atom. The third kappa shape index (κ3) is 3.75. The van der Waals surface area contributed by atoms with E-state index in [1.807, 2.05) is 0 Å². The van der Waals surface area contributed by atoms with E-state index in [4.69, 9.17) is 4.74 Å². The highest BCUT2D eigenvalue weighted by atomic mass is 19.1. The largest absolute Gasteiger partial charge is 0.366 e. The summed E-state index contributed by atoms with van der Waals surface area (Å²) in [5.74, 6) is -1.25. The van der Waals surface area contributed by atoms with Crippen LogP contribution in [0.2, 0.25) is 0 Å². The van der Waals surface area contributed by atoms with Gasteiger partial charge in [0, 0.05) is 25.7 Å². The molecule has 1 unspecified atom stereocenters. The predicted molar refractivity (Wildman–Crippen MR) is 71.9 cm³/mol. The third-order valence-electron chi connectivity index (χ3n) is 2.76. The van der Waals surface area contributed by atoms with E-state index in [-0.39, 0.29) is 17.5 Å². The van der Waals surface area contributed by atoms with Gasteiger partial charge in [-0.2, -0.15) is 0 Å². The van der Waals surface area contributed by atoms with Crippen molar-refractivity contribution in [1.29, 1.82) is 0 Å². The van der Waals surface area contributed by atoms with Gasteiger partial charge >= 0.3 is 0 Å². The summed E-state index contributed by atoms with van der Waals surface area (Å²) in [7, 11) is 0. The zero-order valence-electron chi connectivity index (χ0n) is 11.0. The van der Waals surface area contributed by atoms with Gasteiger partial charge in [-0.3, -0.25) is 9.59 Å². The lowest BCUT2D eigenvalue weighted by Gasteiger charge is -2.22. The van der Waals surface area contributed by atoms with Crippen LogP contribution in [0.25, 0.3) is 0 Å². The molecule has 1 aromatic rings. The van der Waals surface area contributed by atoms with Crippen molar-refractivity contribution >= 4 is 23.2 Å². The first-order valence-electron chi connectivity index (χ1n) is 6.26. The van der Waals surface area contributed by atoms with Crippen molar-refractivity contribution in [1.82, 2.24) is 5.32 Å². The Hall–Kier alpha value is -1.99. The second-order valence-electron chi connectivity index (χ2n) is 4.43. The molecule has 7 heteroatoms. The van der Waals surface area contributed by atoms with Crippen molar-refractivity contribution in [3.8, 4) is 0 Å². The second kappa shape index (κ2) is 6.44. The van der Waals surface area contributed by atoms with Crippen molar-refractivity contribution in [3.63, 3.8) is 0 Å². The summed E-state index contributed by atoms with van der Waals surface area (Å²) in [4.78, 5) is 22.9. The molecule has 0 radical (unpaired) electrons. The lowest BCUT2D eigenvalue weighted by Crippen LogP contribution is -2.45. The maximum atomic E-state index is 13.5. The number of rotatable bonds is 3. The Morgan fingerprint density at radius 3 is 2.85 bits per heavy atom. The van der Waals surface area contributed by atoms with Gasteiger partial charge in [-0.25, -0.2) is 4.39 Å². The Kier molecular flexibility index (Phi) is 4.65. The van der Waals surface area contributed by atoms with E-state index >= 15 is 0 Å². The molecular formula is C13H16FN3O3. The summed E-state index contributed by atoms with van der Waals surface area (Å²) < 4.78 is 18.8. The number of nitrogens with one attached hydrogen (secondary N) is 3. The summed E-state index contributed by atoms with van der Waals surface area (Å²) in [5.41, 5.74) is 0.423. The number of ether oxygens (including phenoxy) is 1. The first-order valence-corrected chi connectivity index (χ1v) is 6.26. The molecule has 1 aliphatic rings. The molecule has 0 bridgehead atoms. The van der Waals surface area contributed by atoms with Crippen molar-refractivity contribution in [2.24, 2.45) is 0 Å². The molecule has 2 amide bonds. The summed E-state index contributed by atoms with van der Waals surface area (Å²) in [5, 5.41) is 8.03. The minimum atomic E-state index is -0.571. The Labute approximate surface area is 115 Å². The Bertz CT molecular complexity index is 516. The Morgan fingerprint density at radius 1 is 1.40 bits per heavy atom. The standard InChI is InChI=1S/C13H16FN3O3/c1-8(18)16-11-6-9(2-3-10(11)14)17-13(19)12-7-15-4-5-20-12/h2-3,6,12,15H,4-5,7H2,1H3,(H,16,18)(H,17,19). The van der Waals surface area contributed by atoms with Crippen LogP contribution in [-0.4, -0.2) is 37.6 Å². The van der Waals surface area contributed by atoms with E-state index in [1.165, 1.54) is 25.1 Å². The number of halogens is 1.